The van der Waals surface area contributed by atoms with Crippen molar-refractivity contribution in [2.45, 2.75) is 44.2 Å². The highest BCUT2D eigenvalue weighted by Gasteiger charge is 2.50. The van der Waals surface area contributed by atoms with Crippen LogP contribution in [0.3, 0.4) is 0 Å². The van der Waals surface area contributed by atoms with Crippen LogP contribution < -0.4 is 0 Å². The third-order valence-electron chi connectivity index (χ3n) is 5.34. The highest BCUT2D eigenvalue weighted by Crippen LogP contribution is 2.48. The van der Waals surface area contributed by atoms with Gasteiger partial charge < -0.3 is 0 Å². The molecule has 0 aromatic heterocycles. The first-order valence-electron chi connectivity index (χ1n) is 8.03. The molecule has 0 aliphatic carbocycles. The largest absolute Gasteiger partial charge is 0.299 e. The van der Waals surface area contributed by atoms with Gasteiger partial charge in [0, 0.05) is 17.5 Å². The van der Waals surface area contributed by atoms with E-state index >= 15 is 0 Å². The van der Waals surface area contributed by atoms with E-state index < -0.39 is 0 Å². The molecular formula is C20H25N. The minimum absolute atomic E-state index is 0.117. The smallest absolute Gasteiger partial charge is 0.0372 e. The van der Waals surface area contributed by atoms with Crippen molar-refractivity contribution in [2.24, 2.45) is 0 Å². The lowest BCUT2D eigenvalue weighted by molar-refractivity contribution is 0.224. The topological polar surface area (TPSA) is 3.24 Å². The molecule has 0 N–H and O–H groups in total. The molecule has 1 nitrogen and oxygen atoms in total. The van der Waals surface area contributed by atoms with Gasteiger partial charge in [-0.2, -0.15) is 0 Å². The molecular weight excluding hydrogens is 254 g/mol. The molecule has 1 heterocycles. The fourth-order valence-electron chi connectivity index (χ4n) is 4.30. The molecule has 3 rings (SSSR count). The van der Waals surface area contributed by atoms with Crippen LogP contribution in [0.4, 0.5) is 0 Å². The van der Waals surface area contributed by atoms with E-state index in [2.05, 4.69) is 86.5 Å². The highest BCUT2D eigenvalue weighted by atomic mass is 15.2. The van der Waals surface area contributed by atoms with Gasteiger partial charge in [-0.25, -0.2) is 0 Å². The maximum absolute atomic E-state index is 2.57. The first kappa shape index (κ1) is 14.3. The van der Waals surface area contributed by atoms with Gasteiger partial charge in [-0.3, -0.25) is 4.90 Å². The van der Waals surface area contributed by atoms with E-state index in [1.54, 1.807) is 0 Å². The number of likely N-dealkylation sites (N-methyl/N-ethyl adjacent to an activating group) is 1. The summed E-state index contributed by atoms with van der Waals surface area (Å²) in [5, 5.41) is 0. The van der Waals surface area contributed by atoms with Crippen LogP contribution in [0.1, 0.15) is 37.8 Å². The third-order valence-corrected chi connectivity index (χ3v) is 5.34. The summed E-state index contributed by atoms with van der Waals surface area (Å²) in [6.07, 6.45) is 2.36. The molecule has 0 unspecified atom stereocenters. The number of hydrogen-bond acceptors (Lipinski definition) is 1. The van der Waals surface area contributed by atoms with Gasteiger partial charge in [0.05, 0.1) is 0 Å². The zero-order valence-electron chi connectivity index (χ0n) is 13.3. The molecule has 2 aromatic carbocycles. The van der Waals surface area contributed by atoms with Crippen LogP contribution >= 0.6 is 0 Å². The monoisotopic (exact) mass is 279 g/mol. The standard InChI is InChI=1S/C20H25N/c1-4-19-20(15-16(2)21(19)3,17-11-7-5-8-12-17)18-13-9-6-10-14-18/h5-14,16,19H,4,15H2,1-3H3/t16-,19+/m1/s1. The van der Waals surface area contributed by atoms with Gasteiger partial charge >= 0.3 is 0 Å². The maximum atomic E-state index is 2.57. The van der Waals surface area contributed by atoms with Gasteiger partial charge in [0.2, 0.25) is 0 Å². The molecule has 1 saturated heterocycles. The lowest BCUT2D eigenvalue weighted by atomic mass is 9.68. The quantitative estimate of drug-likeness (QED) is 0.801. The van der Waals surface area contributed by atoms with Crippen LogP contribution in [-0.2, 0) is 5.41 Å². The Hall–Kier alpha value is -1.60. The van der Waals surface area contributed by atoms with E-state index in [4.69, 9.17) is 0 Å². The number of nitrogens with zero attached hydrogens (tertiary/aromatic N) is 1. The Labute approximate surface area is 128 Å². The second-order valence-corrected chi connectivity index (χ2v) is 6.35. The summed E-state index contributed by atoms with van der Waals surface area (Å²) >= 11 is 0. The summed E-state index contributed by atoms with van der Waals surface area (Å²) in [6.45, 7) is 4.68. The second kappa shape index (κ2) is 5.65. The van der Waals surface area contributed by atoms with Crippen molar-refractivity contribution in [2.75, 3.05) is 7.05 Å². The molecule has 2 aromatic rings. The second-order valence-electron chi connectivity index (χ2n) is 6.35. The molecule has 110 valence electrons. The van der Waals surface area contributed by atoms with E-state index in [9.17, 15) is 0 Å². The predicted octanol–water partition coefficient (Wildman–Crippen LogP) is 4.48. The normalized spacial score (nSPS) is 25.1. The SMILES string of the molecule is CC[C@@H]1N(C)[C@H](C)CC1(c1ccccc1)c1ccccc1. The molecule has 1 aliphatic rings. The van der Waals surface area contributed by atoms with Crippen molar-refractivity contribution in [1.82, 2.24) is 4.90 Å². The molecule has 0 saturated carbocycles. The van der Waals surface area contributed by atoms with Gasteiger partial charge in [-0.1, -0.05) is 67.6 Å². The zero-order chi connectivity index (χ0) is 14.9. The summed E-state index contributed by atoms with van der Waals surface area (Å²) in [6, 6.07) is 23.3. The minimum atomic E-state index is 0.117. The Morgan fingerprint density at radius 1 is 0.952 bits per heavy atom. The predicted molar refractivity (Wildman–Crippen MR) is 89.6 cm³/mol. The van der Waals surface area contributed by atoms with Gasteiger partial charge in [-0.15, -0.1) is 0 Å². The van der Waals surface area contributed by atoms with Gasteiger partial charge in [-0.05, 0) is 37.9 Å². The van der Waals surface area contributed by atoms with Crippen LogP contribution in [-0.4, -0.2) is 24.0 Å². The van der Waals surface area contributed by atoms with Crippen molar-refractivity contribution in [1.29, 1.82) is 0 Å². The summed E-state index contributed by atoms with van der Waals surface area (Å²) in [5.41, 5.74) is 3.03. The molecule has 0 bridgehead atoms. The molecule has 2 atom stereocenters. The lowest BCUT2D eigenvalue weighted by Gasteiger charge is -2.38. The Bertz CT molecular complexity index is 536. The number of benzene rings is 2. The zero-order valence-corrected chi connectivity index (χ0v) is 13.3. The molecule has 0 spiro atoms. The van der Waals surface area contributed by atoms with Gasteiger partial charge in [0.15, 0.2) is 0 Å². The van der Waals surface area contributed by atoms with Crippen molar-refractivity contribution in [3.63, 3.8) is 0 Å². The third kappa shape index (κ3) is 2.20. The van der Waals surface area contributed by atoms with Crippen molar-refractivity contribution < 1.29 is 0 Å². The van der Waals surface area contributed by atoms with E-state index in [1.807, 2.05) is 0 Å². The van der Waals surface area contributed by atoms with Gasteiger partial charge in [0.1, 0.15) is 0 Å². The summed E-state index contributed by atoms with van der Waals surface area (Å²) in [4.78, 5) is 2.57. The van der Waals surface area contributed by atoms with Crippen molar-refractivity contribution in [3.05, 3.63) is 71.8 Å². The van der Waals surface area contributed by atoms with Crippen LogP contribution in [0.15, 0.2) is 60.7 Å². The van der Waals surface area contributed by atoms with Crippen LogP contribution in [0.5, 0.6) is 0 Å². The summed E-state index contributed by atoms with van der Waals surface area (Å²) in [7, 11) is 2.28. The minimum Gasteiger partial charge on any atom is -0.299 e. The van der Waals surface area contributed by atoms with Crippen LogP contribution in [0.2, 0.25) is 0 Å². The average molecular weight is 279 g/mol. The Morgan fingerprint density at radius 2 is 1.43 bits per heavy atom. The Morgan fingerprint density at radius 3 is 1.86 bits per heavy atom. The Balaban J connectivity index is 2.21. The maximum Gasteiger partial charge on any atom is 0.0372 e. The van der Waals surface area contributed by atoms with Gasteiger partial charge in [0.25, 0.3) is 0 Å². The lowest BCUT2D eigenvalue weighted by Crippen LogP contribution is -2.42. The summed E-state index contributed by atoms with van der Waals surface area (Å²) < 4.78 is 0. The molecule has 1 fully saturated rings. The highest BCUT2D eigenvalue weighted by molar-refractivity contribution is 5.43. The molecule has 1 heteroatoms. The fraction of sp³-hybridized carbons (Fsp3) is 0.400. The van der Waals surface area contributed by atoms with Crippen molar-refractivity contribution in [3.8, 4) is 0 Å². The molecule has 0 amide bonds. The first-order chi connectivity index (χ1) is 10.2. The fourth-order valence-corrected chi connectivity index (χ4v) is 4.30. The van der Waals surface area contributed by atoms with E-state index in [0.717, 1.165) is 0 Å². The Kier molecular flexibility index (Phi) is 3.86. The van der Waals surface area contributed by atoms with Crippen LogP contribution in [0, 0.1) is 0 Å². The van der Waals surface area contributed by atoms with E-state index in [0.29, 0.717) is 12.1 Å². The number of rotatable bonds is 3. The summed E-state index contributed by atoms with van der Waals surface area (Å²) in [5.74, 6) is 0. The molecule has 1 aliphatic heterocycles. The number of likely N-dealkylation sites (tertiary alicyclic amines) is 1. The van der Waals surface area contributed by atoms with E-state index in [1.165, 1.54) is 24.0 Å². The molecule has 21 heavy (non-hydrogen) atoms. The number of hydrogen-bond donors (Lipinski definition) is 0. The van der Waals surface area contributed by atoms with E-state index in [-0.39, 0.29) is 5.41 Å². The first-order valence-corrected chi connectivity index (χ1v) is 8.03. The van der Waals surface area contributed by atoms with Crippen molar-refractivity contribution >= 4 is 0 Å². The average Bonchev–Trinajstić information content (AvgIpc) is 2.81. The van der Waals surface area contributed by atoms with Crippen LogP contribution in [0.25, 0.3) is 0 Å². The molecule has 0 radical (unpaired) electrons.